The summed E-state index contributed by atoms with van der Waals surface area (Å²) < 4.78 is 5.63. The number of nitrogens with zero attached hydrogens (tertiary/aromatic N) is 2. The second kappa shape index (κ2) is 6.35. The molecular weight excluding hydrogens is 254 g/mol. The van der Waals surface area contributed by atoms with Crippen LogP contribution in [0.3, 0.4) is 0 Å². The molecule has 1 amide bonds. The third-order valence-electron chi connectivity index (χ3n) is 3.60. The Hall–Kier alpha value is -1.43. The molecule has 1 aromatic carbocycles. The maximum atomic E-state index is 12.4. The summed E-state index contributed by atoms with van der Waals surface area (Å²) in [5, 5.41) is 0. The first kappa shape index (κ1) is 15.0. The summed E-state index contributed by atoms with van der Waals surface area (Å²) in [6.45, 7) is 5.14. The number of amides is 1. The van der Waals surface area contributed by atoms with Gasteiger partial charge in [0.15, 0.2) is 5.72 Å². The molecule has 0 spiro atoms. The van der Waals surface area contributed by atoms with Crippen molar-refractivity contribution in [3.63, 3.8) is 0 Å². The number of hydrogen-bond donors (Lipinski definition) is 1. The van der Waals surface area contributed by atoms with E-state index in [0.29, 0.717) is 19.7 Å². The molecule has 0 aromatic heterocycles. The van der Waals surface area contributed by atoms with Gasteiger partial charge in [-0.3, -0.25) is 10.5 Å². The second-order valence-corrected chi connectivity index (χ2v) is 5.48. The van der Waals surface area contributed by atoms with E-state index in [1.807, 2.05) is 30.3 Å². The Morgan fingerprint density at radius 1 is 1.25 bits per heavy atom. The van der Waals surface area contributed by atoms with Crippen molar-refractivity contribution in [2.24, 2.45) is 5.73 Å². The van der Waals surface area contributed by atoms with Crippen molar-refractivity contribution in [3.8, 4) is 0 Å². The highest BCUT2D eigenvalue weighted by molar-refractivity contribution is 5.84. The third-order valence-corrected chi connectivity index (χ3v) is 3.60. The molecule has 1 atom stereocenters. The van der Waals surface area contributed by atoms with Crippen LogP contribution in [0.5, 0.6) is 0 Å². The quantitative estimate of drug-likeness (QED) is 0.821. The highest BCUT2D eigenvalue weighted by atomic mass is 16.5. The Morgan fingerprint density at radius 2 is 1.85 bits per heavy atom. The lowest BCUT2D eigenvalue weighted by atomic mass is 10.2. The van der Waals surface area contributed by atoms with Crippen LogP contribution in [-0.2, 0) is 16.1 Å². The minimum absolute atomic E-state index is 0.137. The zero-order valence-electron chi connectivity index (χ0n) is 12.2. The number of carbonyl (C=O) groups is 1. The highest BCUT2D eigenvalue weighted by Gasteiger charge is 2.34. The summed E-state index contributed by atoms with van der Waals surface area (Å²) in [7, 11) is 2.05. The van der Waals surface area contributed by atoms with Crippen molar-refractivity contribution in [1.29, 1.82) is 0 Å². The largest absolute Gasteiger partial charge is 0.347 e. The highest BCUT2D eigenvalue weighted by Crippen LogP contribution is 2.13. The van der Waals surface area contributed by atoms with Crippen LogP contribution in [0, 0.1) is 0 Å². The Kier molecular flexibility index (Phi) is 4.75. The van der Waals surface area contributed by atoms with E-state index in [-0.39, 0.29) is 5.91 Å². The van der Waals surface area contributed by atoms with Crippen molar-refractivity contribution < 1.29 is 9.53 Å². The van der Waals surface area contributed by atoms with E-state index >= 15 is 0 Å². The first-order valence-corrected chi connectivity index (χ1v) is 6.94. The van der Waals surface area contributed by atoms with Gasteiger partial charge in [-0.1, -0.05) is 30.3 Å². The smallest absolute Gasteiger partial charge is 0.269 e. The summed E-state index contributed by atoms with van der Waals surface area (Å²) in [5.41, 5.74) is 5.78. The van der Waals surface area contributed by atoms with Gasteiger partial charge in [-0.2, -0.15) is 0 Å². The monoisotopic (exact) mass is 277 g/mol. The minimum Gasteiger partial charge on any atom is -0.347 e. The summed E-state index contributed by atoms with van der Waals surface area (Å²) in [5.74, 6) is -0.137. The topological polar surface area (TPSA) is 58.8 Å². The first-order chi connectivity index (χ1) is 9.49. The molecule has 110 valence electrons. The molecule has 1 fully saturated rings. The number of hydrogen-bond acceptors (Lipinski definition) is 4. The third kappa shape index (κ3) is 3.79. The molecule has 1 aliphatic heterocycles. The van der Waals surface area contributed by atoms with Crippen LogP contribution in [0.15, 0.2) is 30.3 Å². The van der Waals surface area contributed by atoms with Crippen LogP contribution in [-0.4, -0.2) is 54.7 Å². The van der Waals surface area contributed by atoms with Crippen LogP contribution in [0.4, 0.5) is 0 Å². The fourth-order valence-corrected chi connectivity index (χ4v) is 2.19. The van der Waals surface area contributed by atoms with Gasteiger partial charge < -0.3 is 14.5 Å². The summed E-state index contributed by atoms with van der Waals surface area (Å²) >= 11 is 0. The lowest BCUT2D eigenvalue weighted by Gasteiger charge is -2.36. The molecule has 20 heavy (non-hydrogen) atoms. The fourth-order valence-electron chi connectivity index (χ4n) is 2.19. The van der Waals surface area contributed by atoms with Crippen LogP contribution < -0.4 is 5.73 Å². The van der Waals surface area contributed by atoms with Gasteiger partial charge in [-0.05, 0) is 19.5 Å². The number of ether oxygens (including phenoxy) is 1. The van der Waals surface area contributed by atoms with E-state index in [1.54, 1.807) is 11.8 Å². The fraction of sp³-hybridized carbons (Fsp3) is 0.533. The second-order valence-electron chi connectivity index (χ2n) is 5.48. The molecular formula is C15H23N3O2. The average molecular weight is 277 g/mol. The van der Waals surface area contributed by atoms with E-state index in [2.05, 4.69) is 11.9 Å². The summed E-state index contributed by atoms with van der Waals surface area (Å²) in [6.07, 6.45) is 0. The van der Waals surface area contributed by atoms with Gasteiger partial charge in [0, 0.05) is 26.2 Å². The molecule has 2 rings (SSSR count). The number of nitrogens with two attached hydrogens (primary N) is 1. The standard InChI is InChI=1S/C15H23N3O2/c1-15(16,20-12-13-6-4-3-5-7-13)14(19)18-10-8-17(2)9-11-18/h3-7H,8-12,16H2,1-2H3. The van der Waals surface area contributed by atoms with Crippen molar-refractivity contribution in [3.05, 3.63) is 35.9 Å². The maximum absolute atomic E-state index is 12.4. The molecule has 0 radical (unpaired) electrons. The van der Waals surface area contributed by atoms with E-state index in [1.165, 1.54) is 0 Å². The van der Waals surface area contributed by atoms with Gasteiger partial charge in [0.1, 0.15) is 0 Å². The van der Waals surface area contributed by atoms with Crippen molar-refractivity contribution in [2.45, 2.75) is 19.3 Å². The summed E-state index contributed by atoms with van der Waals surface area (Å²) in [6, 6.07) is 9.73. The van der Waals surface area contributed by atoms with Gasteiger partial charge in [-0.15, -0.1) is 0 Å². The van der Waals surface area contributed by atoms with Crippen molar-refractivity contribution >= 4 is 5.91 Å². The van der Waals surface area contributed by atoms with Crippen LogP contribution in [0.2, 0.25) is 0 Å². The lowest BCUT2D eigenvalue weighted by molar-refractivity contribution is -0.159. The predicted octanol–water partition coefficient (Wildman–Crippen LogP) is 0.652. The zero-order valence-corrected chi connectivity index (χ0v) is 12.2. The van der Waals surface area contributed by atoms with Crippen LogP contribution in [0.25, 0.3) is 0 Å². The first-order valence-electron chi connectivity index (χ1n) is 6.94. The Labute approximate surface area is 120 Å². The van der Waals surface area contributed by atoms with E-state index in [9.17, 15) is 4.79 Å². The normalized spacial score (nSPS) is 19.6. The molecule has 0 aliphatic carbocycles. The Bertz CT molecular complexity index is 440. The molecule has 1 aromatic rings. The van der Waals surface area contributed by atoms with E-state index < -0.39 is 5.72 Å². The molecule has 5 heteroatoms. The van der Waals surface area contributed by atoms with Gasteiger partial charge >= 0.3 is 0 Å². The predicted molar refractivity (Wildman–Crippen MR) is 77.9 cm³/mol. The molecule has 1 saturated heterocycles. The number of piperazine rings is 1. The maximum Gasteiger partial charge on any atom is 0.269 e. The molecule has 2 N–H and O–H groups in total. The minimum atomic E-state index is -1.27. The lowest BCUT2D eigenvalue weighted by Crippen LogP contribution is -2.58. The summed E-state index contributed by atoms with van der Waals surface area (Å²) in [4.78, 5) is 16.4. The Balaban J connectivity index is 1.90. The Morgan fingerprint density at radius 3 is 2.45 bits per heavy atom. The SMILES string of the molecule is CN1CCN(C(=O)C(C)(N)OCc2ccccc2)CC1. The number of benzene rings is 1. The van der Waals surface area contributed by atoms with Gasteiger partial charge in [-0.25, -0.2) is 0 Å². The van der Waals surface area contributed by atoms with Crippen LogP contribution >= 0.6 is 0 Å². The number of rotatable bonds is 4. The van der Waals surface area contributed by atoms with Crippen molar-refractivity contribution in [1.82, 2.24) is 9.80 Å². The van der Waals surface area contributed by atoms with Gasteiger partial charge in [0.2, 0.25) is 0 Å². The number of likely N-dealkylation sites (N-methyl/N-ethyl adjacent to an activating group) is 1. The number of carbonyl (C=O) groups excluding carboxylic acids is 1. The molecule has 0 bridgehead atoms. The molecule has 1 aliphatic rings. The van der Waals surface area contributed by atoms with Gasteiger partial charge in [0.05, 0.1) is 6.61 Å². The van der Waals surface area contributed by atoms with Gasteiger partial charge in [0.25, 0.3) is 5.91 Å². The molecule has 1 unspecified atom stereocenters. The zero-order chi connectivity index (χ0) is 14.6. The van der Waals surface area contributed by atoms with E-state index in [4.69, 9.17) is 10.5 Å². The van der Waals surface area contributed by atoms with Crippen LogP contribution in [0.1, 0.15) is 12.5 Å². The molecule has 0 saturated carbocycles. The average Bonchev–Trinajstić information content (AvgIpc) is 2.46. The molecule has 1 heterocycles. The molecule has 5 nitrogen and oxygen atoms in total. The van der Waals surface area contributed by atoms with Crippen molar-refractivity contribution in [2.75, 3.05) is 33.2 Å². The van der Waals surface area contributed by atoms with E-state index in [0.717, 1.165) is 18.7 Å².